The van der Waals surface area contributed by atoms with Crippen molar-refractivity contribution in [2.75, 3.05) is 44.0 Å². The van der Waals surface area contributed by atoms with Gasteiger partial charge >= 0.3 is 11.8 Å². The quantitative estimate of drug-likeness (QED) is 0.347. The Bertz CT molecular complexity index is 1200. The van der Waals surface area contributed by atoms with E-state index in [1.807, 2.05) is 18.4 Å². The lowest BCUT2D eigenvalue weighted by Crippen LogP contribution is -2.50. The van der Waals surface area contributed by atoms with Gasteiger partial charge in [0.25, 0.3) is 0 Å². The van der Waals surface area contributed by atoms with E-state index in [2.05, 4.69) is 20.8 Å². The number of thiophene rings is 1. The highest BCUT2D eigenvalue weighted by Gasteiger charge is 2.31. The fourth-order valence-electron chi connectivity index (χ4n) is 4.20. The number of benzene rings is 1. The summed E-state index contributed by atoms with van der Waals surface area (Å²) < 4.78 is 20.0. The van der Waals surface area contributed by atoms with Gasteiger partial charge in [-0.15, -0.1) is 21.5 Å². The van der Waals surface area contributed by atoms with Gasteiger partial charge in [0.05, 0.1) is 11.3 Å². The largest absolute Gasteiger partial charge is 0.383 e. The minimum Gasteiger partial charge on any atom is -0.383 e. The Labute approximate surface area is 200 Å². The first-order chi connectivity index (χ1) is 16.4. The highest BCUT2D eigenvalue weighted by atomic mass is 32.1. The molecule has 180 valence electrons. The van der Waals surface area contributed by atoms with Crippen molar-refractivity contribution in [2.45, 2.75) is 19.4 Å². The van der Waals surface area contributed by atoms with Crippen molar-refractivity contribution < 1.29 is 18.7 Å². The Kier molecular flexibility index (Phi) is 7.23. The third kappa shape index (κ3) is 4.95. The van der Waals surface area contributed by atoms with Gasteiger partial charge in [-0.2, -0.15) is 0 Å². The summed E-state index contributed by atoms with van der Waals surface area (Å²) in [6.45, 7) is 3.91. The molecule has 9 nitrogen and oxygen atoms in total. The van der Waals surface area contributed by atoms with Crippen molar-refractivity contribution in [1.29, 1.82) is 0 Å². The highest BCUT2D eigenvalue weighted by Crippen LogP contribution is 2.37. The molecule has 4 rings (SSSR count). The standard InChI is InChI=1S/C23H27FN6O3S/c1-13-12-30(23(32)21(25)31)8-5-17(13)27-22-20-16(6-10-34-20)19(28-29-22)15-4-3-14(24)11-18(15)26-7-9-33-2/h3-4,6,10-11,13,17,26H,5,7-9,12H2,1-2H3,(H2,25,31)(H,27,29)/t13-,17+/m1/s1. The number of carbonyl (C=O) groups excluding carboxylic acids is 2. The van der Waals surface area contributed by atoms with Gasteiger partial charge in [0.1, 0.15) is 11.5 Å². The molecule has 0 aliphatic carbocycles. The summed E-state index contributed by atoms with van der Waals surface area (Å²) in [4.78, 5) is 24.6. The number of nitrogens with one attached hydrogen (secondary N) is 2. The number of ether oxygens (including phenoxy) is 1. The van der Waals surface area contributed by atoms with E-state index in [1.54, 1.807) is 24.5 Å². The van der Waals surface area contributed by atoms with Crippen LogP contribution in [0.15, 0.2) is 29.6 Å². The Morgan fingerprint density at radius 1 is 1.32 bits per heavy atom. The van der Waals surface area contributed by atoms with Crippen LogP contribution >= 0.6 is 11.3 Å². The molecule has 2 amide bonds. The molecular formula is C23H27FN6O3S. The van der Waals surface area contributed by atoms with E-state index < -0.39 is 11.8 Å². The lowest BCUT2D eigenvalue weighted by atomic mass is 9.93. The molecule has 3 aromatic rings. The number of halogens is 1. The summed E-state index contributed by atoms with van der Waals surface area (Å²) in [6, 6.07) is 6.59. The number of primary amides is 1. The third-order valence-electron chi connectivity index (χ3n) is 5.97. The smallest absolute Gasteiger partial charge is 0.311 e. The van der Waals surface area contributed by atoms with Crippen molar-refractivity contribution in [3.63, 3.8) is 0 Å². The maximum absolute atomic E-state index is 13.9. The first-order valence-corrected chi connectivity index (χ1v) is 11.9. The predicted molar refractivity (Wildman–Crippen MR) is 130 cm³/mol. The summed E-state index contributed by atoms with van der Waals surface area (Å²) in [5.74, 6) is -1.17. The number of nitrogens with two attached hydrogens (primary N) is 1. The lowest BCUT2D eigenvalue weighted by molar-refractivity contribution is -0.145. The molecule has 0 unspecified atom stereocenters. The van der Waals surface area contributed by atoms with Crippen LogP contribution in [-0.2, 0) is 14.3 Å². The molecule has 1 aliphatic heterocycles. The molecule has 1 fully saturated rings. The Morgan fingerprint density at radius 2 is 2.15 bits per heavy atom. The van der Waals surface area contributed by atoms with Crippen LogP contribution in [0.3, 0.4) is 0 Å². The number of hydrogen-bond acceptors (Lipinski definition) is 8. The van der Waals surface area contributed by atoms with Gasteiger partial charge in [-0.05, 0) is 42.0 Å². The lowest BCUT2D eigenvalue weighted by Gasteiger charge is -2.36. The van der Waals surface area contributed by atoms with Crippen LogP contribution < -0.4 is 16.4 Å². The fraction of sp³-hybridized carbons (Fsp3) is 0.391. The summed E-state index contributed by atoms with van der Waals surface area (Å²) in [5.41, 5.74) is 7.19. The average Bonchev–Trinajstić information content (AvgIpc) is 3.31. The van der Waals surface area contributed by atoms with Crippen molar-refractivity contribution in [2.24, 2.45) is 11.7 Å². The minimum atomic E-state index is -0.933. The number of piperidine rings is 1. The van der Waals surface area contributed by atoms with E-state index in [0.29, 0.717) is 49.9 Å². The van der Waals surface area contributed by atoms with Crippen LogP contribution in [0, 0.1) is 11.7 Å². The molecule has 0 spiro atoms. The van der Waals surface area contributed by atoms with Crippen molar-refractivity contribution >= 4 is 44.7 Å². The number of anilines is 2. The summed E-state index contributed by atoms with van der Waals surface area (Å²) in [7, 11) is 1.61. The molecule has 3 heterocycles. The molecule has 2 aromatic heterocycles. The predicted octanol–water partition coefficient (Wildman–Crippen LogP) is 2.69. The van der Waals surface area contributed by atoms with Gasteiger partial charge < -0.3 is 26.0 Å². The van der Waals surface area contributed by atoms with Crippen LogP contribution in [0.25, 0.3) is 21.3 Å². The van der Waals surface area contributed by atoms with Gasteiger partial charge in [0.15, 0.2) is 5.82 Å². The zero-order chi connectivity index (χ0) is 24.2. The SMILES string of the molecule is COCCNc1cc(F)ccc1-c1nnc(N[C@H]2CCN(C(=O)C(N)=O)C[C@H]2C)c2sccc12. The summed E-state index contributed by atoms with van der Waals surface area (Å²) in [6.07, 6.45) is 0.655. The van der Waals surface area contributed by atoms with E-state index in [-0.39, 0.29) is 17.8 Å². The second-order valence-electron chi connectivity index (χ2n) is 8.30. The zero-order valence-electron chi connectivity index (χ0n) is 19.0. The number of likely N-dealkylation sites (tertiary alicyclic amines) is 1. The van der Waals surface area contributed by atoms with E-state index in [9.17, 15) is 14.0 Å². The van der Waals surface area contributed by atoms with Crippen molar-refractivity contribution in [1.82, 2.24) is 15.1 Å². The second-order valence-corrected chi connectivity index (χ2v) is 9.22. The Morgan fingerprint density at radius 3 is 2.88 bits per heavy atom. The van der Waals surface area contributed by atoms with Crippen LogP contribution in [0.5, 0.6) is 0 Å². The first-order valence-electron chi connectivity index (χ1n) is 11.0. The molecular weight excluding hydrogens is 459 g/mol. The minimum absolute atomic E-state index is 0.0551. The van der Waals surface area contributed by atoms with Gasteiger partial charge in [0.2, 0.25) is 0 Å². The Hall–Kier alpha value is -3.31. The molecule has 2 atom stereocenters. The van der Waals surface area contributed by atoms with Crippen molar-refractivity contribution in [3.8, 4) is 11.3 Å². The van der Waals surface area contributed by atoms with Crippen molar-refractivity contribution in [3.05, 3.63) is 35.5 Å². The van der Waals surface area contributed by atoms with E-state index in [0.717, 1.165) is 15.6 Å². The number of nitrogens with zero attached hydrogens (tertiary/aromatic N) is 3. The second kappa shape index (κ2) is 10.3. The number of rotatable bonds is 7. The number of amides is 2. The van der Waals surface area contributed by atoms with Crippen LogP contribution in [0.2, 0.25) is 0 Å². The maximum Gasteiger partial charge on any atom is 0.311 e. The molecule has 4 N–H and O–H groups in total. The number of hydrogen-bond donors (Lipinski definition) is 3. The molecule has 11 heteroatoms. The summed E-state index contributed by atoms with van der Waals surface area (Å²) >= 11 is 1.55. The number of carbonyl (C=O) groups is 2. The average molecular weight is 487 g/mol. The molecule has 34 heavy (non-hydrogen) atoms. The van der Waals surface area contributed by atoms with Gasteiger partial charge in [-0.25, -0.2) is 4.39 Å². The summed E-state index contributed by atoms with van der Waals surface area (Å²) in [5, 5.41) is 18.6. The van der Waals surface area contributed by atoms with Gasteiger partial charge in [-0.1, -0.05) is 6.92 Å². The Balaban J connectivity index is 1.58. The molecule has 0 saturated carbocycles. The third-order valence-corrected chi connectivity index (χ3v) is 6.89. The number of methoxy groups -OCH3 is 1. The van der Waals surface area contributed by atoms with Crippen LogP contribution in [-0.4, -0.2) is 66.3 Å². The highest BCUT2D eigenvalue weighted by molar-refractivity contribution is 7.17. The normalized spacial score (nSPS) is 18.1. The number of fused-ring (bicyclic) bond motifs is 1. The molecule has 0 bridgehead atoms. The maximum atomic E-state index is 13.9. The van der Waals surface area contributed by atoms with E-state index >= 15 is 0 Å². The van der Waals surface area contributed by atoms with E-state index in [4.69, 9.17) is 10.5 Å². The van der Waals surface area contributed by atoms with Crippen LogP contribution in [0.1, 0.15) is 13.3 Å². The molecule has 1 aromatic carbocycles. The number of aromatic nitrogens is 2. The topological polar surface area (TPSA) is 122 Å². The van der Waals surface area contributed by atoms with Gasteiger partial charge in [0, 0.05) is 49.4 Å². The van der Waals surface area contributed by atoms with Crippen LogP contribution in [0.4, 0.5) is 15.9 Å². The molecule has 0 radical (unpaired) electrons. The van der Waals surface area contributed by atoms with Gasteiger partial charge in [-0.3, -0.25) is 9.59 Å². The zero-order valence-corrected chi connectivity index (χ0v) is 19.8. The molecule has 1 aliphatic rings. The first kappa shape index (κ1) is 23.8. The fourth-order valence-corrected chi connectivity index (χ4v) is 5.05. The monoisotopic (exact) mass is 486 g/mol. The molecule has 1 saturated heterocycles. The van der Waals surface area contributed by atoms with E-state index in [1.165, 1.54) is 17.0 Å².